The first-order valence-corrected chi connectivity index (χ1v) is 4.07. The van der Waals surface area contributed by atoms with Crippen molar-refractivity contribution < 1.29 is 10.2 Å². The second-order valence-corrected chi connectivity index (χ2v) is 3.17. The van der Waals surface area contributed by atoms with Crippen molar-refractivity contribution >= 4 is 15.9 Å². The molecule has 1 aromatic carbocycles. The molecule has 0 saturated carbocycles. The third kappa shape index (κ3) is 2.29. The van der Waals surface area contributed by atoms with Gasteiger partial charge in [-0.2, -0.15) is 0 Å². The molecule has 1 rings (SSSR count). The zero-order valence-electron chi connectivity index (χ0n) is 5.87. The van der Waals surface area contributed by atoms with Gasteiger partial charge in [0, 0.05) is 4.47 Å². The average molecular weight is 217 g/mol. The molecule has 2 nitrogen and oxygen atoms in total. The predicted octanol–water partition coefficient (Wildman–Crippen LogP) is 1.47. The summed E-state index contributed by atoms with van der Waals surface area (Å²) in [5.41, 5.74) is 0.724. The molecule has 1 atom stereocenters. The lowest BCUT2D eigenvalue weighted by atomic mass is 10.1. The van der Waals surface area contributed by atoms with Crippen LogP contribution in [0.2, 0.25) is 0 Å². The molecular formula is C8H9BrO2. The number of rotatable bonds is 2. The van der Waals surface area contributed by atoms with Crippen molar-refractivity contribution in [2.24, 2.45) is 0 Å². The Balaban J connectivity index is 2.86. The number of hydrogen-bond donors (Lipinski definition) is 2. The minimum atomic E-state index is -0.771. The normalized spacial score (nSPS) is 13.0. The van der Waals surface area contributed by atoms with Crippen molar-refractivity contribution in [1.29, 1.82) is 0 Å². The van der Waals surface area contributed by atoms with E-state index < -0.39 is 6.10 Å². The molecule has 0 aliphatic carbocycles. The molecule has 0 bridgehead atoms. The number of benzene rings is 1. The number of aliphatic hydroxyl groups excluding tert-OH is 2. The molecule has 0 heterocycles. The standard InChI is InChI=1S/C8H9BrO2/c9-7-3-1-2-6(4-7)8(11)5-10/h1-4,8,10-11H,5H2/t8-/m1/s1. The van der Waals surface area contributed by atoms with Gasteiger partial charge in [-0.05, 0) is 17.7 Å². The van der Waals surface area contributed by atoms with Gasteiger partial charge in [0.2, 0.25) is 0 Å². The zero-order valence-corrected chi connectivity index (χ0v) is 7.45. The van der Waals surface area contributed by atoms with E-state index in [2.05, 4.69) is 15.9 Å². The molecule has 2 N–H and O–H groups in total. The number of halogens is 1. The molecule has 3 heteroatoms. The summed E-state index contributed by atoms with van der Waals surface area (Å²) in [4.78, 5) is 0. The van der Waals surface area contributed by atoms with Crippen LogP contribution in [0.5, 0.6) is 0 Å². The summed E-state index contributed by atoms with van der Waals surface area (Å²) in [5.74, 6) is 0. The van der Waals surface area contributed by atoms with Crippen molar-refractivity contribution in [2.75, 3.05) is 6.61 Å². The molecular weight excluding hydrogens is 208 g/mol. The Labute approximate surface area is 73.6 Å². The van der Waals surface area contributed by atoms with Crippen LogP contribution in [0, 0.1) is 0 Å². The summed E-state index contributed by atoms with van der Waals surface area (Å²) in [6.45, 7) is -0.240. The van der Waals surface area contributed by atoms with Gasteiger partial charge in [-0.3, -0.25) is 0 Å². The van der Waals surface area contributed by atoms with E-state index in [1.54, 1.807) is 12.1 Å². The fourth-order valence-electron chi connectivity index (χ4n) is 0.819. The van der Waals surface area contributed by atoms with E-state index in [1.807, 2.05) is 12.1 Å². The van der Waals surface area contributed by atoms with Crippen molar-refractivity contribution in [1.82, 2.24) is 0 Å². The fourth-order valence-corrected chi connectivity index (χ4v) is 1.24. The van der Waals surface area contributed by atoms with Crippen LogP contribution in [0.3, 0.4) is 0 Å². The second-order valence-electron chi connectivity index (χ2n) is 2.25. The number of aliphatic hydroxyl groups is 2. The number of hydrogen-bond acceptors (Lipinski definition) is 2. The predicted molar refractivity (Wildman–Crippen MR) is 46.2 cm³/mol. The van der Waals surface area contributed by atoms with E-state index in [4.69, 9.17) is 5.11 Å². The molecule has 0 aliphatic heterocycles. The highest BCUT2D eigenvalue weighted by Crippen LogP contribution is 2.17. The molecule has 0 amide bonds. The van der Waals surface area contributed by atoms with Gasteiger partial charge in [-0.15, -0.1) is 0 Å². The molecule has 0 aliphatic rings. The van der Waals surface area contributed by atoms with Gasteiger partial charge in [0.15, 0.2) is 0 Å². The Morgan fingerprint density at radius 3 is 2.73 bits per heavy atom. The molecule has 0 radical (unpaired) electrons. The van der Waals surface area contributed by atoms with Gasteiger partial charge in [-0.25, -0.2) is 0 Å². The van der Waals surface area contributed by atoms with Gasteiger partial charge >= 0.3 is 0 Å². The highest BCUT2D eigenvalue weighted by atomic mass is 79.9. The van der Waals surface area contributed by atoms with Crippen LogP contribution < -0.4 is 0 Å². The molecule has 0 fully saturated rings. The molecule has 0 aromatic heterocycles. The summed E-state index contributed by atoms with van der Waals surface area (Å²) < 4.78 is 0.905. The van der Waals surface area contributed by atoms with Gasteiger partial charge in [0.05, 0.1) is 6.61 Å². The van der Waals surface area contributed by atoms with Crippen molar-refractivity contribution in [2.45, 2.75) is 6.10 Å². The van der Waals surface area contributed by atoms with Crippen molar-refractivity contribution in [3.63, 3.8) is 0 Å². The molecule has 11 heavy (non-hydrogen) atoms. The first-order valence-electron chi connectivity index (χ1n) is 3.28. The Hall–Kier alpha value is -0.380. The van der Waals surface area contributed by atoms with E-state index in [0.717, 1.165) is 10.0 Å². The molecule has 0 spiro atoms. The van der Waals surface area contributed by atoms with Gasteiger partial charge in [-0.1, -0.05) is 28.1 Å². The largest absolute Gasteiger partial charge is 0.393 e. The lowest BCUT2D eigenvalue weighted by molar-refractivity contribution is 0.0956. The Morgan fingerprint density at radius 1 is 1.45 bits per heavy atom. The summed E-state index contributed by atoms with van der Waals surface area (Å²) in [6, 6.07) is 7.23. The van der Waals surface area contributed by atoms with E-state index in [1.165, 1.54) is 0 Å². The van der Waals surface area contributed by atoms with Gasteiger partial charge in [0.25, 0.3) is 0 Å². The quantitative estimate of drug-likeness (QED) is 0.787. The maximum absolute atomic E-state index is 9.18. The van der Waals surface area contributed by atoms with Crippen LogP contribution in [0.15, 0.2) is 28.7 Å². The van der Waals surface area contributed by atoms with E-state index in [0.29, 0.717) is 0 Å². The fraction of sp³-hybridized carbons (Fsp3) is 0.250. The summed E-state index contributed by atoms with van der Waals surface area (Å²) >= 11 is 3.27. The van der Waals surface area contributed by atoms with Crippen LogP contribution >= 0.6 is 15.9 Å². The maximum atomic E-state index is 9.18. The van der Waals surface area contributed by atoms with E-state index in [9.17, 15) is 5.11 Å². The average Bonchev–Trinajstić information content (AvgIpc) is 2.03. The smallest absolute Gasteiger partial charge is 0.102 e. The summed E-state index contributed by atoms with van der Waals surface area (Å²) in [7, 11) is 0. The van der Waals surface area contributed by atoms with Crippen molar-refractivity contribution in [3.8, 4) is 0 Å². The zero-order chi connectivity index (χ0) is 8.27. The van der Waals surface area contributed by atoms with E-state index in [-0.39, 0.29) is 6.61 Å². The topological polar surface area (TPSA) is 40.5 Å². The monoisotopic (exact) mass is 216 g/mol. The van der Waals surface area contributed by atoms with Crippen LogP contribution in [0.1, 0.15) is 11.7 Å². The second kappa shape index (κ2) is 3.85. The van der Waals surface area contributed by atoms with Gasteiger partial charge < -0.3 is 10.2 Å². The van der Waals surface area contributed by atoms with Crippen LogP contribution in [-0.4, -0.2) is 16.8 Å². The molecule has 60 valence electrons. The summed E-state index contributed by atoms with van der Waals surface area (Å²) in [6.07, 6.45) is -0.771. The molecule has 0 unspecified atom stereocenters. The van der Waals surface area contributed by atoms with Gasteiger partial charge in [0.1, 0.15) is 6.10 Å². The molecule has 1 aromatic rings. The Kier molecular flexibility index (Phi) is 3.05. The summed E-state index contributed by atoms with van der Waals surface area (Å²) in [5, 5.41) is 17.8. The SMILES string of the molecule is OC[C@@H](O)c1cccc(Br)c1. The first kappa shape index (κ1) is 8.71. The van der Waals surface area contributed by atoms with Crippen LogP contribution in [0.25, 0.3) is 0 Å². The van der Waals surface area contributed by atoms with Crippen LogP contribution in [-0.2, 0) is 0 Å². The Morgan fingerprint density at radius 2 is 2.18 bits per heavy atom. The molecule has 0 saturated heterocycles. The lowest BCUT2D eigenvalue weighted by Crippen LogP contribution is -2.01. The van der Waals surface area contributed by atoms with Crippen LogP contribution in [0.4, 0.5) is 0 Å². The third-order valence-corrected chi connectivity index (χ3v) is 1.90. The van der Waals surface area contributed by atoms with E-state index >= 15 is 0 Å². The Bertz CT molecular complexity index is 237. The minimum Gasteiger partial charge on any atom is -0.393 e. The van der Waals surface area contributed by atoms with Crippen molar-refractivity contribution in [3.05, 3.63) is 34.3 Å². The maximum Gasteiger partial charge on any atom is 0.102 e. The first-order chi connectivity index (χ1) is 5.24. The third-order valence-electron chi connectivity index (χ3n) is 1.41. The highest BCUT2D eigenvalue weighted by Gasteiger charge is 2.04. The minimum absolute atomic E-state index is 0.240. The highest BCUT2D eigenvalue weighted by molar-refractivity contribution is 9.10. The lowest BCUT2D eigenvalue weighted by Gasteiger charge is -2.06.